The van der Waals surface area contributed by atoms with Crippen LogP contribution in [0.2, 0.25) is 0 Å². The van der Waals surface area contributed by atoms with Gasteiger partial charge in [0.2, 0.25) is 0 Å². The van der Waals surface area contributed by atoms with E-state index in [-0.39, 0.29) is 6.61 Å². The lowest BCUT2D eigenvalue weighted by Crippen LogP contribution is -2.47. The first-order valence-corrected chi connectivity index (χ1v) is 8.75. The molecule has 2 aromatic rings. The highest BCUT2D eigenvalue weighted by atomic mass is 16.5. The quantitative estimate of drug-likeness (QED) is 0.619. The summed E-state index contributed by atoms with van der Waals surface area (Å²) in [6, 6.07) is 13.6. The number of urea groups is 1. The van der Waals surface area contributed by atoms with Crippen LogP contribution in [0.25, 0.3) is 0 Å². The van der Waals surface area contributed by atoms with E-state index in [2.05, 4.69) is 10.6 Å². The molecule has 0 bridgehead atoms. The molecule has 7 nitrogen and oxygen atoms in total. The van der Waals surface area contributed by atoms with Crippen molar-refractivity contribution in [2.45, 2.75) is 26.0 Å². The molecule has 0 aliphatic rings. The van der Waals surface area contributed by atoms with E-state index in [9.17, 15) is 14.7 Å². The Morgan fingerprint density at radius 3 is 2.33 bits per heavy atom. The molecule has 3 N–H and O–H groups in total. The summed E-state index contributed by atoms with van der Waals surface area (Å²) in [6.45, 7) is 4.07. The van der Waals surface area contributed by atoms with Gasteiger partial charge in [-0.2, -0.15) is 0 Å². The van der Waals surface area contributed by atoms with Gasteiger partial charge in [0.1, 0.15) is 11.9 Å². The number of hydrogen-bond acceptors (Lipinski definition) is 5. The average Bonchev–Trinajstić information content (AvgIpc) is 2.68. The number of aliphatic hydroxyl groups is 1. The van der Waals surface area contributed by atoms with E-state index in [0.29, 0.717) is 23.6 Å². The van der Waals surface area contributed by atoms with E-state index in [4.69, 9.17) is 9.47 Å². The van der Waals surface area contributed by atoms with E-state index in [0.717, 1.165) is 0 Å². The minimum Gasteiger partial charge on any atom is -0.492 e. The molecule has 0 radical (unpaired) electrons. The van der Waals surface area contributed by atoms with E-state index in [1.54, 1.807) is 61.5 Å². The van der Waals surface area contributed by atoms with Crippen LogP contribution in [0, 0.1) is 0 Å². The van der Waals surface area contributed by atoms with E-state index in [1.165, 1.54) is 0 Å². The maximum atomic E-state index is 12.4. The number of amides is 2. The molecule has 0 fully saturated rings. The predicted octanol–water partition coefficient (Wildman–Crippen LogP) is 2.87. The summed E-state index contributed by atoms with van der Waals surface area (Å²) >= 11 is 0. The molecule has 2 atom stereocenters. The molecule has 2 rings (SSSR count). The molecule has 0 aromatic heterocycles. The standard InChI is InChI=1S/C20H24N2O5/c1-3-26-16-13-9-8-12-15(16)21-20(25)22-17(19(24)27-4-2)18(23)14-10-6-5-7-11-14/h5-13,17-18,23H,3-4H2,1-2H3,(H2,21,22,25). The fourth-order valence-corrected chi connectivity index (χ4v) is 2.49. The first-order valence-electron chi connectivity index (χ1n) is 8.75. The number of carbonyl (C=O) groups is 2. The van der Waals surface area contributed by atoms with Crippen molar-refractivity contribution in [2.24, 2.45) is 0 Å². The molecule has 7 heteroatoms. The Hall–Kier alpha value is -3.06. The summed E-state index contributed by atoms with van der Waals surface area (Å²) in [4.78, 5) is 24.7. The number of nitrogens with one attached hydrogen (secondary N) is 2. The molecular formula is C20H24N2O5. The Labute approximate surface area is 158 Å². The van der Waals surface area contributed by atoms with Crippen molar-refractivity contribution in [1.29, 1.82) is 0 Å². The number of carbonyl (C=O) groups excluding carboxylic acids is 2. The summed E-state index contributed by atoms with van der Waals surface area (Å²) in [6.07, 6.45) is -1.25. The van der Waals surface area contributed by atoms with Crippen molar-refractivity contribution in [3.05, 3.63) is 60.2 Å². The molecule has 0 aliphatic heterocycles. The topological polar surface area (TPSA) is 96.9 Å². The number of hydrogen-bond donors (Lipinski definition) is 3. The van der Waals surface area contributed by atoms with Gasteiger partial charge < -0.3 is 25.2 Å². The van der Waals surface area contributed by atoms with Gasteiger partial charge in [0.15, 0.2) is 6.04 Å². The van der Waals surface area contributed by atoms with Crippen LogP contribution in [0.1, 0.15) is 25.5 Å². The van der Waals surface area contributed by atoms with Gasteiger partial charge in [-0.05, 0) is 31.5 Å². The zero-order valence-corrected chi connectivity index (χ0v) is 15.3. The van der Waals surface area contributed by atoms with Crippen LogP contribution >= 0.6 is 0 Å². The van der Waals surface area contributed by atoms with Crippen molar-refractivity contribution >= 4 is 17.7 Å². The zero-order chi connectivity index (χ0) is 19.6. The molecule has 0 saturated carbocycles. The lowest BCUT2D eigenvalue weighted by molar-refractivity contribution is -0.148. The molecule has 2 aromatic carbocycles. The predicted molar refractivity (Wildman–Crippen MR) is 102 cm³/mol. The van der Waals surface area contributed by atoms with Crippen LogP contribution in [0.4, 0.5) is 10.5 Å². The second-order valence-corrected chi connectivity index (χ2v) is 5.61. The molecule has 0 heterocycles. The number of aliphatic hydroxyl groups excluding tert-OH is 1. The Kier molecular flexibility index (Phi) is 7.63. The van der Waals surface area contributed by atoms with Crippen LogP contribution < -0.4 is 15.4 Å². The first-order chi connectivity index (χ1) is 13.1. The van der Waals surface area contributed by atoms with Gasteiger partial charge in [-0.25, -0.2) is 9.59 Å². The molecule has 27 heavy (non-hydrogen) atoms. The number of benzene rings is 2. The largest absolute Gasteiger partial charge is 0.492 e. The van der Waals surface area contributed by atoms with E-state index >= 15 is 0 Å². The smallest absolute Gasteiger partial charge is 0.331 e. The van der Waals surface area contributed by atoms with Crippen LogP contribution in [-0.4, -0.2) is 36.4 Å². The molecular weight excluding hydrogens is 348 g/mol. The molecule has 0 saturated heterocycles. The highest BCUT2D eigenvalue weighted by Crippen LogP contribution is 2.24. The van der Waals surface area contributed by atoms with Gasteiger partial charge in [-0.15, -0.1) is 0 Å². The second kappa shape index (κ2) is 10.2. The summed E-state index contributed by atoms with van der Waals surface area (Å²) in [5.41, 5.74) is 0.944. The Morgan fingerprint density at radius 1 is 1.00 bits per heavy atom. The maximum absolute atomic E-state index is 12.4. The third-order valence-electron chi connectivity index (χ3n) is 3.72. The van der Waals surface area contributed by atoms with Crippen molar-refractivity contribution < 1.29 is 24.2 Å². The highest BCUT2D eigenvalue weighted by Gasteiger charge is 2.31. The maximum Gasteiger partial charge on any atom is 0.331 e. The minimum atomic E-state index is -1.26. The lowest BCUT2D eigenvalue weighted by atomic mass is 10.0. The summed E-state index contributed by atoms with van der Waals surface area (Å²) < 4.78 is 10.5. The molecule has 0 spiro atoms. The van der Waals surface area contributed by atoms with Gasteiger partial charge >= 0.3 is 12.0 Å². The second-order valence-electron chi connectivity index (χ2n) is 5.61. The normalized spacial score (nSPS) is 12.6. The van der Waals surface area contributed by atoms with Crippen LogP contribution in [0.3, 0.4) is 0 Å². The summed E-state index contributed by atoms with van der Waals surface area (Å²) in [5.74, 6) is -0.214. The van der Waals surface area contributed by atoms with E-state index < -0.39 is 24.1 Å². The Balaban J connectivity index is 2.15. The third kappa shape index (κ3) is 5.72. The lowest BCUT2D eigenvalue weighted by Gasteiger charge is -2.23. The molecule has 2 amide bonds. The number of para-hydroxylation sites is 2. The molecule has 144 valence electrons. The van der Waals surface area contributed by atoms with Crippen LogP contribution in [-0.2, 0) is 9.53 Å². The van der Waals surface area contributed by atoms with Gasteiger partial charge in [0, 0.05) is 0 Å². The van der Waals surface area contributed by atoms with Gasteiger partial charge in [0.05, 0.1) is 18.9 Å². The number of ether oxygens (including phenoxy) is 2. The summed E-state index contributed by atoms with van der Waals surface area (Å²) in [7, 11) is 0. The average molecular weight is 372 g/mol. The summed E-state index contributed by atoms with van der Waals surface area (Å²) in [5, 5.41) is 15.7. The monoisotopic (exact) mass is 372 g/mol. The number of rotatable bonds is 8. The van der Waals surface area contributed by atoms with Crippen molar-refractivity contribution in [3.63, 3.8) is 0 Å². The highest BCUT2D eigenvalue weighted by molar-refractivity contribution is 5.94. The fraction of sp³-hybridized carbons (Fsp3) is 0.300. The Morgan fingerprint density at radius 2 is 1.67 bits per heavy atom. The van der Waals surface area contributed by atoms with Crippen LogP contribution in [0.15, 0.2) is 54.6 Å². The van der Waals surface area contributed by atoms with Gasteiger partial charge in [-0.1, -0.05) is 42.5 Å². The van der Waals surface area contributed by atoms with Gasteiger partial charge in [-0.3, -0.25) is 0 Å². The first kappa shape index (κ1) is 20.3. The third-order valence-corrected chi connectivity index (χ3v) is 3.72. The Bertz CT molecular complexity index is 751. The van der Waals surface area contributed by atoms with Crippen molar-refractivity contribution in [3.8, 4) is 5.75 Å². The molecule has 2 unspecified atom stereocenters. The fourth-order valence-electron chi connectivity index (χ4n) is 2.49. The number of anilines is 1. The van der Waals surface area contributed by atoms with Crippen molar-refractivity contribution in [2.75, 3.05) is 18.5 Å². The van der Waals surface area contributed by atoms with Crippen molar-refractivity contribution in [1.82, 2.24) is 5.32 Å². The van der Waals surface area contributed by atoms with Crippen LogP contribution in [0.5, 0.6) is 5.75 Å². The molecule has 0 aliphatic carbocycles. The zero-order valence-electron chi connectivity index (χ0n) is 15.3. The van der Waals surface area contributed by atoms with Gasteiger partial charge in [0.25, 0.3) is 0 Å². The minimum absolute atomic E-state index is 0.132. The van der Waals surface area contributed by atoms with E-state index in [1.807, 2.05) is 6.92 Å². The number of esters is 1. The SMILES string of the molecule is CCOC(=O)C(NC(=O)Nc1ccccc1OCC)C(O)c1ccccc1.